The van der Waals surface area contributed by atoms with Gasteiger partial charge in [0.1, 0.15) is 11.6 Å². The van der Waals surface area contributed by atoms with E-state index in [1.54, 1.807) is 7.11 Å². The first kappa shape index (κ1) is 14.1. The second-order valence-corrected chi connectivity index (χ2v) is 5.43. The first-order valence-corrected chi connectivity index (χ1v) is 7.22. The van der Waals surface area contributed by atoms with Crippen molar-refractivity contribution < 1.29 is 4.74 Å². The largest absolute Gasteiger partial charge is 0.385 e. The van der Waals surface area contributed by atoms with Crippen molar-refractivity contribution in [3.8, 4) is 0 Å². The molecule has 0 spiro atoms. The van der Waals surface area contributed by atoms with E-state index in [0.717, 1.165) is 44.2 Å². The molecule has 106 valence electrons. The third-order valence-electron chi connectivity index (χ3n) is 3.74. The second kappa shape index (κ2) is 6.75. The zero-order valence-corrected chi connectivity index (χ0v) is 12.0. The Morgan fingerprint density at radius 2 is 2.00 bits per heavy atom. The topological polar surface area (TPSA) is 46.2 Å². The van der Waals surface area contributed by atoms with E-state index in [1.807, 2.05) is 18.2 Å². The smallest absolute Gasteiger partial charge is 0.128 e. The summed E-state index contributed by atoms with van der Waals surface area (Å²) in [5.74, 6) is 1.92. The second-order valence-electron chi connectivity index (χ2n) is 5.43. The average Bonchev–Trinajstić information content (AvgIpc) is 3.22. The first-order valence-electron chi connectivity index (χ1n) is 7.22. The summed E-state index contributed by atoms with van der Waals surface area (Å²) in [6.45, 7) is 4.98. The van der Waals surface area contributed by atoms with Crippen molar-refractivity contribution in [2.45, 2.75) is 32.6 Å². The molecule has 1 aliphatic carbocycles. The molecule has 0 saturated heterocycles. The number of nitrogens with one attached hydrogen (secondary N) is 2. The van der Waals surface area contributed by atoms with Gasteiger partial charge in [0.2, 0.25) is 0 Å². The maximum Gasteiger partial charge on any atom is 0.128 e. The molecular weight excluding hydrogens is 238 g/mol. The number of methoxy groups -OCH3 is 1. The van der Waals surface area contributed by atoms with Gasteiger partial charge in [0.05, 0.1) is 0 Å². The summed E-state index contributed by atoms with van der Waals surface area (Å²) in [5.41, 5.74) is 0.449. The van der Waals surface area contributed by atoms with Crippen LogP contribution in [0.4, 0.5) is 11.6 Å². The number of nitrogens with zero attached hydrogens (tertiary/aromatic N) is 1. The van der Waals surface area contributed by atoms with Gasteiger partial charge < -0.3 is 15.4 Å². The van der Waals surface area contributed by atoms with Crippen LogP contribution in [-0.4, -0.2) is 31.8 Å². The highest BCUT2D eigenvalue weighted by Crippen LogP contribution is 2.48. The number of hydrogen-bond acceptors (Lipinski definition) is 4. The molecule has 2 rings (SSSR count). The Bertz CT molecular complexity index is 391. The molecule has 19 heavy (non-hydrogen) atoms. The third-order valence-corrected chi connectivity index (χ3v) is 3.74. The van der Waals surface area contributed by atoms with E-state index >= 15 is 0 Å². The predicted molar refractivity (Wildman–Crippen MR) is 79.7 cm³/mol. The lowest BCUT2D eigenvalue weighted by molar-refractivity contribution is 0.175. The Labute approximate surface area is 116 Å². The lowest BCUT2D eigenvalue weighted by Crippen LogP contribution is -2.18. The highest BCUT2D eigenvalue weighted by molar-refractivity contribution is 5.45. The van der Waals surface area contributed by atoms with Crippen LogP contribution in [0.3, 0.4) is 0 Å². The van der Waals surface area contributed by atoms with Crippen molar-refractivity contribution in [2.24, 2.45) is 5.41 Å². The van der Waals surface area contributed by atoms with Crippen molar-refractivity contribution in [3.63, 3.8) is 0 Å². The van der Waals surface area contributed by atoms with Gasteiger partial charge in [-0.15, -0.1) is 0 Å². The first-order chi connectivity index (χ1) is 9.28. The summed E-state index contributed by atoms with van der Waals surface area (Å²) >= 11 is 0. The molecule has 1 fully saturated rings. The van der Waals surface area contributed by atoms with Crippen LogP contribution in [0.2, 0.25) is 0 Å². The molecule has 0 amide bonds. The molecule has 0 atom stereocenters. The number of aromatic nitrogens is 1. The van der Waals surface area contributed by atoms with E-state index < -0.39 is 0 Å². The highest BCUT2D eigenvalue weighted by atomic mass is 16.5. The normalized spacial score (nSPS) is 16.1. The zero-order valence-electron chi connectivity index (χ0n) is 12.0. The molecule has 0 bridgehead atoms. The molecular formula is C15H25N3O. The minimum Gasteiger partial charge on any atom is -0.385 e. The van der Waals surface area contributed by atoms with Crippen LogP contribution in [0.5, 0.6) is 0 Å². The minimum absolute atomic E-state index is 0.449. The highest BCUT2D eigenvalue weighted by Gasteiger charge is 2.41. The Morgan fingerprint density at radius 1 is 1.26 bits per heavy atom. The van der Waals surface area contributed by atoms with Gasteiger partial charge >= 0.3 is 0 Å². The van der Waals surface area contributed by atoms with Crippen molar-refractivity contribution in [1.82, 2.24) is 4.98 Å². The molecule has 1 aromatic heterocycles. The van der Waals surface area contributed by atoms with Gasteiger partial charge in [0.15, 0.2) is 0 Å². The van der Waals surface area contributed by atoms with Crippen LogP contribution in [0, 0.1) is 5.41 Å². The summed E-state index contributed by atoms with van der Waals surface area (Å²) < 4.78 is 5.18. The third kappa shape index (κ3) is 4.39. The van der Waals surface area contributed by atoms with E-state index in [-0.39, 0.29) is 0 Å². The van der Waals surface area contributed by atoms with Crippen LogP contribution >= 0.6 is 0 Å². The number of pyridine rings is 1. The van der Waals surface area contributed by atoms with E-state index in [9.17, 15) is 0 Å². The van der Waals surface area contributed by atoms with E-state index in [4.69, 9.17) is 4.74 Å². The molecule has 4 nitrogen and oxygen atoms in total. The van der Waals surface area contributed by atoms with Crippen molar-refractivity contribution in [1.29, 1.82) is 0 Å². The lowest BCUT2D eigenvalue weighted by atomic mass is 10.0. The number of ether oxygens (including phenoxy) is 1. The summed E-state index contributed by atoms with van der Waals surface area (Å²) in [6, 6.07) is 6.09. The molecule has 1 saturated carbocycles. The van der Waals surface area contributed by atoms with E-state index in [0.29, 0.717) is 5.41 Å². The summed E-state index contributed by atoms with van der Waals surface area (Å²) in [4.78, 5) is 4.57. The maximum atomic E-state index is 5.18. The Hall–Kier alpha value is -1.29. The van der Waals surface area contributed by atoms with Gasteiger partial charge in [0, 0.05) is 26.8 Å². The summed E-state index contributed by atoms with van der Waals surface area (Å²) in [5, 5.41) is 6.78. The molecule has 0 aromatic carbocycles. The standard InChI is InChI=1S/C15H25N3O/c1-3-10-16-13-5-4-6-14(18-13)17-12-15(7-8-15)9-11-19-2/h4-6H,3,7-12H2,1-2H3,(H2,16,17,18). The van der Waals surface area contributed by atoms with Crippen LogP contribution in [-0.2, 0) is 4.74 Å². The van der Waals surface area contributed by atoms with Crippen molar-refractivity contribution in [3.05, 3.63) is 18.2 Å². The van der Waals surface area contributed by atoms with Crippen LogP contribution in [0.25, 0.3) is 0 Å². The average molecular weight is 263 g/mol. The number of hydrogen-bond donors (Lipinski definition) is 2. The number of rotatable bonds is 9. The van der Waals surface area contributed by atoms with Crippen LogP contribution in [0.1, 0.15) is 32.6 Å². The SMILES string of the molecule is CCCNc1cccc(NCC2(CCOC)CC2)n1. The fourth-order valence-electron chi connectivity index (χ4n) is 2.17. The number of anilines is 2. The monoisotopic (exact) mass is 263 g/mol. The predicted octanol–water partition coefficient (Wildman–Crippen LogP) is 3.13. The molecule has 4 heteroatoms. The lowest BCUT2D eigenvalue weighted by Gasteiger charge is -2.16. The molecule has 1 heterocycles. The van der Waals surface area contributed by atoms with E-state index in [2.05, 4.69) is 22.5 Å². The minimum atomic E-state index is 0.449. The van der Waals surface area contributed by atoms with Gasteiger partial charge in [-0.3, -0.25) is 0 Å². The Morgan fingerprint density at radius 3 is 2.63 bits per heavy atom. The molecule has 1 aliphatic rings. The molecule has 1 aromatic rings. The summed E-state index contributed by atoms with van der Waals surface area (Å²) in [6.07, 6.45) is 4.86. The fourth-order valence-corrected chi connectivity index (χ4v) is 2.17. The van der Waals surface area contributed by atoms with Gasteiger partial charge in [-0.25, -0.2) is 4.98 Å². The van der Waals surface area contributed by atoms with Gasteiger partial charge in [-0.1, -0.05) is 13.0 Å². The maximum absolute atomic E-state index is 5.18. The van der Waals surface area contributed by atoms with Gasteiger partial charge in [-0.05, 0) is 43.2 Å². The van der Waals surface area contributed by atoms with E-state index in [1.165, 1.54) is 12.8 Å². The quantitative estimate of drug-likeness (QED) is 0.718. The molecule has 0 radical (unpaired) electrons. The molecule has 0 unspecified atom stereocenters. The van der Waals surface area contributed by atoms with Gasteiger partial charge in [0.25, 0.3) is 0 Å². The molecule has 2 N–H and O–H groups in total. The van der Waals surface area contributed by atoms with Crippen LogP contribution in [0.15, 0.2) is 18.2 Å². The van der Waals surface area contributed by atoms with Crippen LogP contribution < -0.4 is 10.6 Å². The zero-order chi connectivity index (χ0) is 13.6. The van der Waals surface area contributed by atoms with Crippen molar-refractivity contribution in [2.75, 3.05) is 37.4 Å². The Kier molecular flexibility index (Phi) is 5.02. The summed E-state index contributed by atoms with van der Waals surface area (Å²) in [7, 11) is 1.77. The van der Waals surface area contributed by atoms with Crippen molar-refractivity contribution >= 4 is 11.6 Å². The molecule has 0 aliphatic heterocycles. The van der Waals surface area contributed by atoms with Gasteiger partial charge in [-0.2, -0.15) is 0 Å². The fraction of sp³-hybridized carbons (Fsp3) is 0.667. The Balaban J connectivity index is 1.82.